The molecule has 108 valence electrons. The van der Waals surface area contributed by atoms with Gasteiger partial charge in [0.05, 0.1) is 18.2 Å². The number of esters is 2. The van der Waals surface area contributed by atoms with Crippen molar-refractivity contribution in [2.45, 2.75) is 18.5 Å². The molecule has 21 heavy (non-hydrogen) atoms. The lowest BCUT2D eigenvalue weighted by Gasteiger charge is -2.41. The van der Waals surface area contributed by atoms with E-state index < -0.39 is 48.2 Å². The first kappa shape index (κ1) is 11.9. The highest BCUT2D eigenvalue weighted by atomic mass is 16.6. The van der Waals surface area contributed by atoms with Gasteiger partial charge in [0.2, 0.25) is 11.8 Å². The molecule has 3 atom stereocenters. The Morgan fingerprint density at radius 1 is 1.38 bits per heavy atom. The normalized spacial score (nSPS) is 28.6. The lowest BCUT2D eigenvalue weighted by molar-refractivity contribution is -0.153. The molecule has 4 aliphatic rings. The summed E-state index contributed by atoms with van der Waals surface area (Å²) in [6, 6.07) is -1.39. The summed E-state index contributed by atoms with van der Waals surface area (Å²) < 4.78 is 6.14. The van der Waals surface area contributed by atoms with Crippen LogP contribution in [-0.4, -0.2) is 43.7 Å². The predicted octanol–water partition coefficient (Wildman–Crippen LogP) is -0.828. The van der Waals surface area contributed by atoms with Gasteiger partial charge in [-0.15, -0.1) is 0 Å². The SMILES string of the molecule is O=C(O)Cc1c(O)nc2n1[C@H]1C=CN2[C@@H]2C(=O)OC(=O)[C@@H]21. The quantitative estimate of drug-likeness (QED) is 0.535. The number of allylic oxidation sites excluding steroid dienone is 1. The van der Waals surface area contributed by atoms with Crippen LogP contribution in [0.25, 0.3) is 0 Å². The maximum absolute atomic E-state index is 11.8. The number of nitrogens with zero attached hydrogens (tertiary/aromatic N) is 3. The van der Waals surface area contributed by atoms with E-state index in [1.807, 2.05) is 0 Å². The average Bonchev–Trinajstić information content (AvgIpc) is 2.91. The third kappa shape index (κ3) is 1.34. The van der Waals surface area contributed by atoms with Crippen molar-refractivity contribution in [2.24, 2.45) is 5.92 Å². The fourth-order valence-electron chi connectivity index (χ4n) is 3.19. The van der Waals surface area contributed by atoms with E-state index >= 15 is 0 Å². The number of ether oxygens (including phenoxy) is 1. The third-order valence-corrected chi connectivity index (χ3v) is 3.98. The fourth-order valence-corrected chi connectivity index (χ4v) is 3.19. The molecule has 2 N–H and O–H groups in total. The van der Waals surface area contributed by atoms with Gasteiger partial charge in [0.1, 0.15) is 12.0 Å². The number of rotatable bonds is 2. The second-order valence-corrected chi connectivity index (χ2v) is 5.07. The number of aliphatic carboxylic acids is 1. The minimum atomic E-state index is -1.13. The number of hydrogen-bond donors (Lipinski definition) is 2. The van der Waals surface area contributed by atoms with Crippen molar-refractivity contribution in [2.75, 3.05) is 4.90 Å². The Morgan fingerprint density at radius 3 is 2.86 bits per heavy atom. The van der Waals surface area contributed by atoms with Crippen LogP contribution in [0.4, 0.5) is 5.95 Å². The van der Waals surface area contributed by atoms with Crippen LogP contribution < -0.4 is 4.90 Å². The van der Waals surface area contributed by atoms with E-state index in [1.165, 1.54) is 9.47 Å². The van der Waals surface area contributed by atoms with Crippen molar-refractivity contribution in [1.29, 1.82) is 0 Å². The Hall–Kier alpha value is -2.84. The molecule has 9 heteroatoms. The summed E-state index contributed by atoms with van der Waals surface area (Å²) in [7, 11) is 0. The molecule has 5 heterocycles. The summed E-state index contributed by atoms with van der Waals surface area (Å²) in [5, 5.41) is 18.8. The van der Waals surface area contributed by atoms with E-state index in [-0.39, 0.29) is 11.6 Å². The van der Waals surface area contributed by atoms with Crippen molar-refractivity contribution >= 4 is 23.9 Å². The fraction of sp³-hybridized carbons (Fsp3) is 0.333. The van der Waals surface area contributed by atoms with Crippen LogP contribution in [0.1, 0.15) is 11.7 Å². The molecule has 1 aromatic heterocycles. The first-order chi connectivity index (χ1) is 9.99. The first-order valence-electron chi connectivity index (χ1n) is 6.23. The number of carbonyl (C=O) groups excluding carboxylic acids is 2. The largest absolute Gasteiger partial charge is 0.492 e. The predicted molar refractivity (Wildman–Crippen MR) is 64.3 cm³/mol. The first-order valence-corrected chi connectivity index (χ1v) is 6.23. The van der Waals surface area contributed by atoms with E-state index in [2.05, 4.69) is 9.72 Å². The summed E-state index contributed by atoms with van der Waals surface area (Å²) in [4.78, 5) is 39.9. The van der Waals surface area contributed by atoms with E-state index in [0.717, 1.165) is 0 Å². The highest BCUT2D eigenvalue weighted by molar-refractivity contribution is 6.02. The molecule has 0 saturated carbocycles. The second kappa shape index (κ2) is 3.62. The summed E-state index contributed by atoms with van der Waals surface area (Å²) in [5.41, 5.74) is 0.0995. The van der Waals surface area contributed by atoms with Crippen LogP contribution in [0, 0.1) is 5.92 Å². The molecule has 1 fully saturated rings. The zero-order chi connectivity index (χ0) is 14.9. The van der Waals surface area contributed by atoms with Crippen LogP contribution in [0.5, 0.6) is 5.88 Å². The third-order valence-electron chi connectivity index (χ3n) is 3.98. The number of anilines is 1. The number of carbonyl (C=O) groups is 3. The maximum atomic E-state index is 11.8. The van der Waals surface area contributed by atoms with Gasteiger partial charge in [-0.05, 0) is 6.08 Å². The van der Waals surface area contributed by atoms with Crippen molar-refractivity contribution in [3.63, 3.8) is 0 Å². The Bertz CT molecular complexity index is 736. The van der Waals surface area contributed by atoms with Crippen LogP contribution in [-0.2, 0) is 25.5 Å². The summed E-state index contributed by atoms with van der Waals surface area (Å²) in [5.74, 6) is -3.36. The van der Waals surface area contributed by atoms with Gasteiger partial charge in [0, 0.05) is 6.20 Å². The van der Waals surface area contributed by atoms with Gasteiger partial charge in [0.15, 0.2) is 0 Å². The van der Waals surface area contributed by atoms with Crippen molar-refractivity contribution in [3.8, 4) is 5.88 Å². The average molecular weight is 291 g/mol. The number of aromatic nitrogens is 2. The Labute approximate surface area is 117 Å². The standard InChI is InChI=1S/C12H9N3O6/c16-6(17)3-5-9(18)13-12-14-2-1-4(15(5)12)7-8(14)11(20)21-10(7)19/h1-2,4,7-8,18H,3H2,(H,16,17)/t4-,7+,8-/m0/s1. The van der Waals surface area contributed by atoms with E-state index in [0.29, 0.717) is 0 Å². The van der Waals surface area contributed by atoms with Gasteiger partial charge in [-0.2, -0.15) is 4.98 Å². The molecule has 0 aliphatic carbocycles. The molecule has 1 aromatic rings. The van der Waals surface area contributed by atoms with Gasteiger partial charge in [-0.1, -0.05) is 0 Å². The number of aromatic hydroxyl groups is 1. The molecule has 9 nitrogen and oxygen atoms in total. The van der Waals surface area contributed by atoms with Gasteiger partial charge in [0.25, 0.3) is 0 Å². The summed E-state index contributed by atoms with van der Waals surface area (Å²) in [6.07, 6.45) is 2.83. The number of carboxylic acid groups (broad SMARTS) is 1. The van der Waals surface area contributed by atoms with Gasteiger partial charge in [-0.3, -0.25) is 9.59 Å². The molecule has 0 unspecified atom stereocenters. The van der Waals surface area contributed by atoms with Gasteiger partial charge in [-0.25, -0.2) is 4.79 Å². The maximum Gasteiger partial charge on any atom is 0.337 e. The molecule has 0 amide bonds. The summed E-state index contributed by atoms with van der Waals surface area (Å²) >= 11 is 0. The highest BCUT2D eigenvalue weighted by Gasteiger charge is 2.58. The molecular formula is C12H9N3O6. The number of carboxylic acids is 1. The van der Waals surface area contributed by atoms with Crippen LogP contribution >= 0.6 is 0 Å². The monoisotopic (exact) mass is 291 g/mol. The summed E-state index contributed by atoms with van der Waals surface area (Å²) in [6.45, 7) is 0. The Balaban J connectivity index is 1.90. The zero-order valence-corrected chi connectivity index (χ0v) is 10.5. The topological polar surface area (TPSA) is 122 Å². The zero-order valence-electron chi connectivity index (χ0n) is 10.5. The molecule has 5 rings (SSSR count). The molecule has 0 radical (unpaired) electrons. The van der Waals surface area contributed by atoms with E-state index in [1.54, 1.807) is 12.3 Å². The highest BCUT2D eigenvalue weighted by Crippen LogP contribution is 2.47. The molecule has 1 saturated heterocycles. The molecule has 0 spiro atoms. The Kier molecular flexibility index (Phi) is 2.06. The minimum absolute atomic E-state index is 0.0995. The number of imidazole rings is 1. The molecule has 4 aliphatic heterocycles. The van der Waals surface area contributed by atoms with E-state index in [4.69, 9.17) is 5.11 Å². The van der Waals surface area contributed by atoms with Crippen molar-refractivity contribution < 1.29 is 29.3 Å². The van der Waals surface area contributed by atoms with Crippen LogP contribution in [0.3, 0.4) is 0 Å². The molecular weight excluding hydrogens is 282 g/mol. The van der Waals surface area contributed by atoms with Crippen molar-refractivity contribution in [1.82, 2.24) is 9.55 Å². The number of cyclic esters (lactones) is 2. The van der Waals surface area contributed by atoms with Gasteiger partial charge >= 0.3 is 17.9 Å². The molecule has 0 aromatic carbocycles. The van der Waals surface area contributed by atoms with E-state index in [9.17, 15) is 19.5 Å². The van der Waals surface area contributed by atoms with Crippen LogP contribution in [0.2, 0.25) is 0 Å². The lowest BCUT2D eigenvalue weighted by atomic mass is 9.87. The van der Waals surface area contributed by atoms with Crippen molar-refractivity contribution in [3.05, 3.63) is 18.0 Å². The van der Waals surface area contributed by atoms with Gasteiger partial charge < -0.3 is 24.4 Å². The van der Waals surface area contributed by atoms with Crippen LogP contribution in [0.15, 0.2) is 12.3 Å². The molecule has 2 bridgehead atoms. The Morgan fingerprint density at radius 2 is 2.14 bits per heavy atom. The second-order valence-electron chi connectivity index (χ2n) is 5.07. The smallest absolute Gasteiger partial charge is 0.337 e. The minimum Gasteiger partial charge on any atom is -0.492 e. The lowest BCUT2D eigenvalue weighted by Crippen LogP contribution is -2.51. The number of hydrogen-bond acceptors (Lipinski definition) is 7.